The summed E-state index contributed by atoms with van der Waals surface area (Å²) in [4.78, 5) is 7.25. The van der Waals surface area contributed by atoms with E-state index in [0.717, 1.165) is 11.9 Å². The van der Waals surface area contributed by atoms with Crippen LogP contribution in [0.15, 0.2) is 53.9 Å². The third-order valence-electron chi connectivity index (χ3n) is 3.49. The predicted molar refractivity (Wildman–Crippen MR) is 99.2 cm³/mol. The molecule has 0 saturated carbocycles. The second-order valence-corrected chi connectivity index (χ2v) is 5.58. The van der Waals surface area contributed by atoms with Gasteiger partial charge in [0.1, 0.15) is 5.75 Å². The van der Waals surface area contributed by atoms with Crippen molar-refractivity contribution in [1.29, 1.82) is 0 Å². The van der Waals surface area contributed by atoms with E-state index in [4.69, 9.17) is 17.3 Å². The van der Waals surface area contributed by atoms with Crippen molar-refractivity contribution in [2.75, 3.05) is 6.54 Å². The Kier molecular flexibility index (Phi) is 5.02. The number of thiocarbonyl (C=S) groups is 1. The molecule has 7 heteroatoms. The molecule has 3 rings (SSSR count). The average Bonchev–Trinajstić information content (AvgIpc) is 3.00. The highest BCUT2D eigenvalue weighted by atomic mass is 32.1. The van der Waals surface area contributed by atoms with E-state index in [1.54, 1.807) is 12.1 Å². The minimum Gasteiger partial charge on any atom is -0.506 e. The van der Waals surface area contributed by atoms with Gasteiger partial charge in [-0.2, -0.15) is 5.10 Å². The lowest BCUT2D eigenvalue weighted by Gasteiger charge is -2.06. The molecule has 0 atom stereocenters. The first-order chi connectivity index (χ1) is 11.7. The topological polar surface area (TPSA) is 85.3 Å². The van der Waals surface area contributed by atoms with Gasteiger partial charge in [0, 0.05) is 23.6 Å². The van der Waals surface area contributed by atoms with Gasteiger partial charge in [0.25, 0.3) is 0 Å². The number of nitrogens with zero attached hydrogens (tertiary/aromatic N) is 2. The molecule has 0 radical (unpaired) electrons. The van der Waals surface area contributed by atoms with Crippen molar-refractivity contribution in [1.82, 2.24) is 20.7 Å². The Morgan fingerprint density at radius 1 is 1.29 bits per heavy atom. The maximum atomic E-state index is 9.16. The van der Waals surface area contributed by atoms with E-state index < -0.39 is 0 Å². The zero-order valence-corrected chi connectivity index (χ0v) is 13.7. The fourth-order valence-corrected chi connectivity index (χ4v) is 2.47. The zero-order chi connectivity index (χ0) is 16.8. The molecule has 0 aliphatic carbocycles. The number of para-hydroxylation sites is 1. The summed E-state index contributed by atoms with van der Waals surface area (Å²) in [6.07, 6.45) is 5.78. The highest BCUT2D eigenvalue weighted by molar-refractivity contribution is 7.80. The first kappa shape index (κ1) is 15.9. The van der Waals surface area contributed by atoms with Crippen LogP contribution in [0.2, 0.25) is 0 Å². The fraction of sp³-hybridized carbons (Fsp3) is 0.118. The molecule has 122 valence electrons. The zero-order valence-electron chi connectivity index (χ0n) is 12.9. The lowest BCUT2D eigenvalue weighted by atomic mass is 10.1. The maximum Gasteiger partial charge on any atom is 0.186 e. The highest BCUT2D eigenvalue weighted by Gasteiger charge is 2.02. The second kappa shape index (κ2) is 7.56. The number of pyridine rings is 1. The Morgan fingerprint density at radius 2 is 2.17 bits per heavy atom. The second-order valence-electron chi connectivity index (χ2n) is 5.18. The summed E-state index contributed by atoms with van der Waals surface area (Å²) >= 11 is 5.18. The third-order valence-corrected chi connectivity index (χ3v) is 3.72. The van der Waals surface area contributed by atoms with Crippen molar-refractivity contribution in [3.63, 3.8) is 0 Å². The number of nitrogens with one attached hydrogen (secondary N) is 3. The normalized spacial score (nSPS) is 11.0. The van der Waals surface area contributed by atoms with Gasteiger partial charge in [-0.3, -0.25) is 10.4 Å². The molecule has 0 fully saturated rings. The molecule has 2 heterocycles. The summed E-state index contributed by atoms with van der Waals surface area (Å²) in [5.41, 5.74) is 5.76. The van der Waals surface area contributed by atoms with Crippen LogP contribution in [0.3, 0.4) is 0 Å². The molecule has 0 unspecified atom stereocenters. The van der Waals surface area contributed by atoms with E-state index in [-0.39, 0.29) is 5.75 Å². The molecule has 6 nitrogen and oxygen atoms in total. The lowest BCUT2D eigenvalue weighted by molar-refractivity contribution is 0.472. The number of aromatic nitrogens is 2. The van der Waals surface area contributed by atoms with Crippen LogP contribution in [0.4, 0.5) is 0 Å². The van der Waals surface area contributed by atoms with Crippen LogP contribution in [0, 0.1) is 0 Å². The monoisotopic (exact) mass is 339 g/mol. The summed E-state index contributed by atoms with van der Waals surface area (Å²) in [6.45, 7) is 0.709. The van der Waals surface area contributed by atoms with Crippen LogP contribution >= 0.6 is 12.2 Å². The van der Waals surface area contributed by atoms with E-state index in [1.165, 1.54) is 23.4 Å². The SMILES string of the molecule is Oc1ccc(/C=N/NC(=S)NCCc2c[nH]c3ccccc23)nc1. The van der Waals surface area contributed by atoms with Crippen LogP contribution in [-0.4, -0.2) is 32.9 Å². The maximum absolute atomic E-state index is 9.16. The number of fused-ring (bicyclic) bond motifs is 1. The molecule has 1 aromatic carbocycles. The van der Waals surface area contributed by atoms with Gasteiger partial charge in [0.15, 0.2) is 5.11 Å². The number of benzene rings is 1. The molecule has 3 aromatic rings. The van der Waals surface area contributed by atoms with E-state index in [1.807, 2.05) is 18.3 Å². The smallest absolute Gasteiger partial charge is 0.186 e. The van der Waals surface area contributed by atoms with Gasteiger partial charge in [0.2, 0.25) is 0 Å². The molecule has 0 aliphatic heterocycles. The van der Waals surface area contributed by atoms with E-state index in [2.05, 4.69) is 37.9 Å². The first-order valence-electron chi connectivity index (χ1n) is 7.49. The summed E-state index contributed by atoms with van der Waals surface area (Å²) in [6, 6.07) is 11.4. The van der Waals surface area contributed by atoms with Gasteiger partial charge >= 0.3 is 0 Å². The van der Waals surface area contributed by atoms with Crippen molar-refractivity contribution in [3.8, 4) is 5.75 Å². The summed E-state index contributed by atoms with van der Waals surface area (Å²) in [5, 5.41) is 18.0. The first-order valence-corrected chi connectivity index (χ1v) is 7.90. The Labute approximate surface area is 144 Å². The van der Waals surface area contributed by atoms with Crippen molar-refractivity contribution >= 4 is 34.4 Å². The van der Waals surface area contributed by atoms with Gasteiger partial charge in [-0.25, -0.2) is 0 Å². The number of hydrazone groups is 1. The van der Waals surface area contributed by atoms with E-state index in [0.29, 0.717) is 17.4 Å². The molecule has 0 aliphatic rings. The number of aromatic hydroxyl groups is 1. The van der Waals surface area contributed by atoms with Gasteiger partial charge < -0.3 is 15.4 Å². The Hall–Kier alpha value is -2.93. The Morgan fingerprint density at radius 3 is 3.00 bits per heavy atom. The molecule has 0 bridgehead atoms. The van der Waals surface area contributed by atoms with Crippen LogP contribution in [0.1, 0.15) is 11.3 Å². The standard InChI is InChI=1S/C17H17N5OS/c23-14-6-5-13(19-11-14)10-21-22-17(24)18-8-7-12-9-20-16-4-2-1-3-15(12)16/h1-6,9-11,20,23H,7-8H2,(H2,18,22,24)/b21-10+. The highest BCUT2D eigenvalue weighted by Crippen LogP contribution is 2.17. The van der Waals surface area contributed by atoms with E-state index >= 15 is 0 Å². The molecular formula is C17H17N5OS. The van der Waals surface area contributed by atoms with Gasteiger partial charge in [0.05, 0.1) is 18.1 Å². The summed E-state index contributed by atoms with van der Waals surface area (Å²) in [5.74, 6) is 0.120. The molecular weight excluding hydrogens is 322 g/mol. The molecule has 24 heavy (non-hydrogen) atoms. The number of hydrogen-bond donors (Lipinski definition) is 4. The minimum absolute atomic E-state index is 0.120. The summed E-state index contributed by atoms with van der Waals surface area (Å²) in [7, 11) is 0. The number of rotatable bonds is 5. The predicted octanol–water partition coefficient (Wildman–Crippen LogP) is 2.31. The van der Waals surface area contributed by atoms with Gasteiger partial charge in [-0.1, -0.05) is 18.2 Å². The van der Waals surface area contributed by atoms with Crippen LogP contribution < -0.4 is 10.7 Å². The van der Waals surface area contributed by atoms with Gasteiger partial charge in [-0.05, 0) is 42.4 Å². The fourth-order valence-electron chi connectivity index (χ4n) is 2.32. The summed E-state index contributed by atoms with van der Waals surface area (Å²) < 4.78 is 0. The Bertz CT molecular complexity index is 857. The molecule has 0 spiro atoms. The number of H-pyrrole nitrogens is 1. The van der Waals surface area contributed by atoms with Crippen LogP contribution in [0.25, 0.3) is 10.9 Å². The minimum atomic E-state index is 0.120. The molecule has 4 N–H and O–H groups in total. The molecule has 2 aromatic heterocycles. The lowest BCUT2D eigenvalue weighted by Crippen LogP contribution is -2.33. The third kappa shape index (κ3) is 4.08. The Balaban J connectivity index is 1.45. The average molecular weight is 339 g/mol. The van der Waals surface area contributed by atoms with Crippen molar-refractivity contribution in [3.05, 3.63) is 60.0 Å². The van der Waals surface area contributed by atoms with Gasteiger partial charge in [-0.15, -0.1) is 0 Å². The molecule has 0 saturated heterocycles. The van der Waals surface area contributed by atoms with Crippen LogP contribution in [0.5, 0.6) is 5.75 Å². The van der Waals surface area contributed by atoms with Crippen molar-refractivity contribution < 1.29 is 5.11 Å². The number of aromatic amines is 1. The van der Waals surface area contributed by atoms with E-state index in [9.17, 15) is 0 Å². The number of hydrogen-bond acceptors (Lipinski definition) is 4. The molecule has 0 amide bonds. The van der Waals surface area contributed by atoms with Crippen LogP contribution in [-0.2, 0) is 6.42 Å². The quantitative estimate of drug-likeness (QED) is 0.326. The van der Waals surface area contributed by atoms with Crippen molar-refractivity contribution in [2.45, 2.75) is 6.42 Å². The van der Waals surface area contributed by atoms with Crippen molar-refractivity contribution in [2.24, 2.45) is 5.10 Å². The largest absolute Gasteiger partial charge is 0.506 e.